The quantitative estimate of drug-likeness (QED) is 0.821. The van der Waals surface area contributed by atoms with Crippen molar-refractivity contribution in [2.45, 2.75) is 32.6 Å². The molecule has 1 aromatic carbocycles. The van der Waals surface area contributed by atoms with E-state index in [0.29, 0.717) is 5.56 Å². The Kier molecular flexibility index (Phi) is 3.21. The van der Waals surface area contributed by atoms with E-state index in [1.165, 1.54) is 25.7 Å². The molecule has 0 unspecified atom stereocenters. The summed E-state index contributed by atoms with van der Waals surface area (Å²) >= 11 is 0. The van der Waals surface area contributed by atoms with E-state index in [2.05, 4.69) is 5.32 Å². The second-order valence-corrected chi connectivity index (χ2v) is 6.07. The first-order valence-electron chi connectivity index (χ1n) is 7.23. The second-order valence-electron chi connectivity index (χ2n) is 6.07. The zero-order valence-electron chi connectivity index (χ0n) is 11.4. The van der Waals surface area contributed by atoms with Crippen molar-refractivity contribution in [3.63, 3.8) is 0 Å². The zero-order chi connectivity index (χ0) is 13.4. The largest absolute Gasteiger partial charge is 0.478 e. The fraction of sp³-hybridized carbons (Fsp3) is 0.562. The van der Waals surface area contributed by atoms with Crippen LogP contribution in [0.2, 0.25) is 0 Å². The lowest BCUT2D eigenvalue weighted by molar-refractivity contribution is 0.0698. The summed E-state index contributed by atoms with van der Waals surface area (Å²) in [4.78, 5) is 11.2. The summed E-state index contributed by atoms with van der Waals surface area (Å²) in [5, 5.41) is 12.6. The minimum absolute atomic E-state index is 0.385. The summed E-state index contributed by atoms with van der Waals surface area (Å²) in [5.74, 6) is 1.68. The van der Waals surface area contributed by atoms with Gasteiger partial charge in [-0.2, -0.15) is 0 Å². The molecule has 2 N–H and O–H groups in total. The number of nitrogens with one attached hydrogen (secondary N) is 1. The monoisotopic (exact) mass is 259 g/mol. The Morgan fingerprint density at radius 3 is 2.47 bits per heavy atom. The smallest absolute Gasteiger partial charge is 0.337 e. The average Bonchev–Trinajstić information content (AvgIpc) is 3.24. The number of anilines is 1. The fourth-order valence-corrected chi connectivity index (χ4v) is 2.99. The van der Waals surface area contributed by atoms with Crippen LogP contribution >= 0.6 is 0 Å². The number of carboxylic acid groups (broad SMARTS) is 1. The van der Waals surface area contributed by atoms with Crippen LogP contribution in [0.25, 0.3) is 0 Å². The minimum Gasteiger partial charge on any atom is -0.478 e. The average molecular weight is 259 g/mol. The zero-order valence-corrected chi connectivity index (χ0v) is 11.4. The Labute approximate surface area is 114 Å². The van der Waals surface area contributed by atoms with Gasteiger partial charge in [-0.1, -0.05) is 6.07 Å². The molecule has 1 aromatic rings. The van der Waals surface area contributed by atoms with Gasteiger partial charge in [0.05, 0.1) is 5.56 Å². The van der Waals surface area contributed by atoms with E-state index in [4.69, 9.17) is 0 Å². The lowest BCUT2D eigenvalue weighted by Crippen LogP contribution is -2.19. The van der Waals surface area contributed by atoms with Gasteiger partial charge in [0.25, 0.3) is 0 Å². The third kappa shape index (κ3) is 2.91. The molecular weight excluding hydrogens is 238 g/mol. The normalized spacial score (nSPS) is 18.6. The van der Waals surface area contributed by atoms with Crippen LogP contribution in [0, 0.1) is 24.7 Å². The number of aromatic carboxylic acids is 1. The molecule has 102 valence electrons. The summed E-state index contributed by atoms with van der Waals surface area (Å²) in [6.45, 7) is 2.93. The first-order valence-corrected chi connectivity index (χ1v) is 7.23. The number of hydrogen-bond acceptors (Lipinski definition) is 2. The molecule has 3 heteroatoms. The van der Waals surface area contributed by atoms with Gasteiger partial charge in [-0.3, -0.25) is 0 Å². The molecule has 2 aliphatic carbocycles. The third-order valence-corrected chi connectivity index (χ3v) is 4.39. The van der Waals surface area contributed by atoms with Crippen LogP contribution in [0.5, 0.6) is 0 Å². The van der Waals surface area contributed by atoms with Gasteiger partial charge in [-0.05, 0) is 68.1 Å². The van der Waals surface area contributed by atoms with Crippen LogP contribution in [0.4, 0.5) is 5.69 Å². The first-order chi connectivity index (χ1) is 9.15. The molecule has 0 aliphatic heterocycles. The second kappa shape index (κ2) is 4.87. The maximum absolute atomic E-state index is 11.2. The highest BCUT2D eigenvalue weighted by atomic mass is 16.4. The summed E-state index contributed by atoms with van der Waals surface area (Å²) < 4.78 is 0. The molecule has 3 nitrogen and oxygen atoms in total. The van der Waals surface area contributed by atoms with Crippen molar-refractivity contribution in [3.8, 4) is 0 Å². The Bertz CT molecular complexity index is 478. The van der Waals surface area contributed by atoms with Gasteiger partial charge in [-0.15, -0.1) is 0 Å². The first kappa shape index (κ1) is 12.5. The molecule has 2 saturated carbocycles. The molecule has 3 rings (SSSR count). The Hall–Kier alpha value is -1.51. The highest BCUT2D eigenvalue weighted by Gasteiger charge is 2.41. The number of rotatable bonds is 6. The van der Waals surface area contributed by atoms with Crippen molar-refractivity contribution in [2.75, 3.05) is 11.9 Å². The van der Waals surface area contributed by atoms with E-state index in [-0.39, 0.29) is 0 Å². The molecule has 0 atom stereocenters. The highest BCUT2D eigenvalue weighted by Crippen LogP contribution is 2.49. The van der Waals surface area contributed by atoms with Gasteiger partial charge >= 0.3 is 5.97 Å². The number of hydrogen-bond donors (Lipinski definition) is 2. The number of aryl methyl sites for hydroxylation is 1. The molecule has 19 heavy (non-hydrogen) atoms. The molecule has 2 fully saturated rings. The summed E-state index contributed by atoms with van der Waals surface area (Å²) in [5.41, 5.74) is 2.26. The standard InChI is InChI=1S/C16H21NO2/c1-10-2-7-13(16(18)19)15(8-10)17-9-14(11-3-4-11)12-5-6-12/h2,7-8,11-12,14,17H,3-6,9H2,1H3,(H,18,19). The molecular formula is C16H21NO2. The molecule has 2 aliphatic rings. The van der Waals surface area contributed by atoms with Gasteiger partial charge in [0.1, 0.15) is 0 Å². The van der Waals surface area contributed by atoms with Gasteiger partial charge in [-0.25, -0.2) is 4.79 Å². The van der Waals surface area contributed by atoms with E-state index < -0.39 is 5.97 Å². The maximum Gasteiger partial charge on any atom is 0.337 e. The summed E-state index contributed by atoms with van der Waals surface area (Å²) in [6.07, 6.45) is 5.45. The van der Waals surface area contributed by atoms with Crippen molar-refractivity contribution in [2.24, 2.45) is 17.8 Å². The van der Waals surface area contributed by atoms with Crippen LogP contribution < -0.4 is 5.32 Å². The van der Waals surface area contributed by atoms with Crippen LogP contribution in [-0.4, -0.2) is 17.6 Å². The van der Waals surface area contributed by atoms with E-state index in [1.54, 1.807) is 6.07 Å². The van der Waals surface area contributed by atoms with Crippen molar-refractivity contribution in [1.29, 1.82) is 0 Å². The predicted molar refractivity (Wildman–Crippen MR) is 75.6 cm³/mol. The van der Waals surface area contributed by atoms with Gasteiger partial charge < -0.3 is 10.4 Å². The van der Waals surface area contributed by atoms with Gasteiger partial charge in [0.2, 0.25) is 0 Å². The van der Waals surface area contributed by atoms with Crippen LogP contribution in [0.15, 0.2) is 18.2 Å². The molecule has 0 heterocycles. The predicted octanol–water partition coefficient (Wildman–Crippen LogP) is 3.54. The minimum atomic E-state index is -0.850. The molecule has 0 amide bonds. The lowest BCUT2D eigenvalue weighted by Gasteiger charge is -2.18. The van der Waals surface area contributed by atoms with E-state index >= 15 is 0 Å². The summed E-state index contributed by atoms with van der Waals surface area (Å²) in [7, 11) is 0. The van der Waals surface area contributed by atoms with Crippen LogP contribution in [-0.2, 0) is 0 Å². The highest BCUT2D eigenvalue weighted by molar-refractivity contribution is 5.94. The maximum atomic E-state index is 11.2. The molecule has 0 saturated heterocycles. The molecule has 0 radical (unpaired) electrons. The topological polar surface area (TPSA) is 49.3 Å². The Morgan fingerprint density at radius 2 is 1.95 bits per heavy atom. The SMILES string of the molecule is Cc1ccc(C(=O)O)c(NCC(C2CC2)C2CC2)c1. The lowest BCUT2D eigenvalue weighted by atomic mass is 9.97. The van der Waals surface area contributed by atoms with E-state index in [9.17, 15) is 9.90 Å². The Morgan fingerprint density at radius 1 is 1.32 bits per heavy atom. The molecule has 0 spiro atoms. The van der Waals surface area contributed by atoms with E-state index in [0.717, 1.165) is 35.5 Å². The number of benzene rings is 1. The van der Waals surface area contributed by atoms with Crippen molar-refractivity contribution in [3.05, 3.63) is 29.3 Å². The fourth-order valence-electron chi connectivity index (χ4n) is 2.99. The van der Waals surface area contributed by atoms with Crippen molar-refractivity contribution < 1.29 is 9.90 Å². The number of carbonyl (C=O) groups is 1. The van der Waals surface area contributed by atoms with Gasteiger partial charge in [0.15, 0.2) is 0 Å². The van der Waals surface area contributed by atoms with Crippen molar-refractivity contribution in [1.82, 2.24) is 0 Å². The van der Waals surface area contributed by atoms with Crippen LogP contribution in [0.1, 0.15) is 41.6 Å². The Balaban J connectivity index is 1.71. The van der Waals surface area contributed by atoms with Crippen LogP contribution in [0.3, 0.4) is 0 Å². The molecule has 0 bridgehead atoms. The van der Waals surface area contributed by atoms with E-state index in [1.807, 2.05) is 19.1 Å². The van der Waals surface area contributed by atoms with Crippen molar-refractivity contribution >= 4 is 11.7 Å². The summed E-state index contributed by atoms with van der Waals surface area (Å²) in [6, 6.07) is 5.50. The molecule has 0 aromatic heterocycles. The number of carboxylic acids is 1. The van der Waals surface area contributed by atoms with Gasteiger partial charge in [0, 0.05) is 12.2 Å². The third-order valence-electron chi connectivity index (χ3n) is 4.39.